The largest absolute Gasteiger partial charge is 0.497 e. The molecule has 0 atom stereocenters. The van der Waals surface area contributed by atoms with Crippen molar-refractivity contribution in [3.8, 4) is 5.75 Å². The molecule has 156 valence electrons. The van der Waals surface area contributed by atoms with E-state index in [1.54, 1.807) is 18.9 Å². The van der Waals surface area contributed by atoms with Crippen molar-refractivity contribution in [1.82, 2.24) is 4.90 Å². The average Bonchev–Trinajstić information content (AvgIpc) is 2.73. The Balaban J connectivity index is 1.95. The number of ether oxygens (including phenoxy) is 1. The minimum absolute atomic E-state index is 0.0242. The molecule has 0 aliphatic rings. The van der Waals surface area contributed by atoms with Crippen LogP contribution < -0.4 is 10.1 Å². The number of nitrogens with one attached hydrogen (secondary N) is 1. The van der Waals surface area contributed by atoms with Crippen LogP contribution in [0.3, 0.4) is 0 Å². The first kappa shape index (κ1) is 22.5. The van der Waals surface area contributed by atoms with E-state index >= 15 is 0 Å². The Morgan fingerprint density at radius 2 is 1.66 bits per heavy atom. The van der Waals surface area contributed by atoms with Crippen LogP contribution in [0.25, 0.3) is 0 Å². The van der Waals surface area contributed by atoms with Gasteiger partial charge in [0.15, 0.2) is 0 Å². The van der Waals surface area contributed by atoms with Crippen molar-refractivity contribution < 1.29 is 14.3 Å². The normalized spacial score (nSPS) is 10.5. The highest BCUT2D eigenvalue weighted by Gasteiger charge is 2.14. The van der Waals surface area contributed by atoms with E-state index in [0.29, 0.717) is 13.1 Å². The Labute approximate surface area is 174 Å². The zero-order valence-corrected chi connectivity index (χ0v) is 18.0. The maximum Gasteiger partial charge on any atom is 0.226 e. The lowest BCUT2D eigenvalue weighted by molar-refractivity contribution is -0.129. The predicted molar refractivity (Wildman–Crippen MR) is 117 cm³/mol. The van der Waals surface area contributed by atoms with Crippen molar-refractivity contribution in [2.45, 2.75) is 46.5 Å². The Morgan fingerprint density at radius 1 is 1.00 bits per heavy atom. The minimum Gasteiger partial charge on any atom is -0.497 e. The number of carbonyl (C=O) groups excluding carboxylic acids is 2. The first-order valence-corrected chi connectivity index (χ1v) is 10.3. The quantitative estimate of drug-likeness (QED) is 0.653. The van der Waals surface area contributed by atoms with Crippen LogP contribution in [0.2, 0.25) is 0 Å². The van der Waals surface area contributed by atoms with Gasteiger partial charge >= 0.3 is 0 Å². The summed E-state index contributed by atoms with van der Waals surface area (Å²) in [7, 11) is 1.64. The molecule has 0 saturated carbocycles. The molecule has 2 amide bonds. The van der Waals surface area contributed by atoms with Gasteiger partial charge in [0.1, 0.15) is 5.75 Å². The summed E-state index contributed by atoms with van der Waals surface area (Å²) in [6, 6.07) is 13.9. The second-order valence-corrected chi connectivity index (χ2v) is 7.06. The summed E-state index contributed by atoms with van der Waals surface area (Å²) >= 11 is 0. The number of hydrogen-bond acceptors (Lipinski definition) is 3. The molecular weight excluding hydrogens is 364 g/mol. The van der Waals surface area contributed by atoms with Gasteiger partial charge in [-0.25, -0.2) is 0 Å². The predicted octanol–water partition coefficient (Wildman–Crippen LogP) is 4.24. The van der Waals surface area contributed by atoms with Crippen LogP contribution in [0.15, 0.2) is 42.5 Å². The van der Waals surface area contributed by atoms with E-state index in [4.69, 9.17) is 4.74 Å². The molecule has 0 radical (unpaired) electrons. The molecule has 0 aliphatic carbocycles. The van der Waals surface area contributed by atoms with E-state index in [0.717, 1.165) is 47.4 Å². The second kappa shape index (κ2) is 11.2. The van der Waals surface area contributed by atoms with Crippen LogP contribution >= 0.6 is 0 Å². The van der Waals surface area contributed by atoms with Crippen LogP contribution in [0.1, 0.15) is 43.9 Å². The highest BCUT2D eigenvalue weighted by Crippen LogP contribution is 2.22. The number of nitrogens with zero attached hydrogens (tertiary/aromatic N) is 1. The van der Waals surface area contributed by atoms with Gasteiger partial charge in [0.05, 0.1) is 7.11 Å². The number of benzene rings is 2. The fraction of sp³-hybridized carbons (Fsp3) is 0.417. The highest BCUT2D eigenvalue weighted by molar-refractivity contribution is 5.92. The Morgan fingerprint density at radius 3 is 2.24 bits per heavy atom. The number of hydrogen-bond donors (Lipinski definition) is 1. The molecule has 0 bridgehead atoms. The van der Waals surface area contributed by atoms with Crippen LogP contribution in [0.5, 0.6) is 5.75 Å². The van der Waals surface area contributed by atoms with Gasteiger partial charge in [-0.2, -0.15) is 0 Å². The Bertz CT molecular complexity index is 810. The summed E-state index contributed by atoms with van der Waals surface area (Å²) in [4.78, 5) is 26.3. The van der Waals surface area contributed by atoms with Crippen molar-refractivity contribution in [3.63, 3.8) is 0 Å². The van der Waals surface area contributed by atoms with Crippen molar-refractivity contribution >= 4 is 17.5 Å². The number of anilines is 1. The van der Waals surface area contributed by atoms with E-state index in [9.17, 15) is 9.59 Å². The smallest absolute Gasteiger partial charge is 0.226 e. The van der Waals surface area contributed by atoms with Crippen molar-refractivity contribution in [1.29, 1.82) is 0 Å². The lowest BCUT2D eigenvalue weighted by Gasteiger charge is -2.21. The van der Waals surface area contributed by atoms with Gasteiger partial charge in [-0.3, -0.25) is 9.59 Å². The third-order valence-corrected chi connectivity index (χ3v) is 5.12. The molecular formula is C24H32N2O3. The summed E-state index contributed by atoms with van der Waals surface area (Å²) in [6.45, 7) is 6.69. The Kier molecular flexibility index (Phi) is 8.71. The lowest BCUT2D eigenvalue weighted by Crippen LogP contribution is -2.33. The zero-order chi connectivity index (χ0) is 21.2. The van der Waals surface area contributed by atoms with Crippen LogP contribution in [0, 0.1) is 0 Å². The summed E-state index contributed by atoms with van der Waals surface area (Å²) in [6.07, 6.45) is 2.73. The monoisotopic (exact) mass is 396 g/mol. The topological polar surface area (TPSA) is 58.6 Å². The fourth-order valence-corrected chi connectivity index (χ4v) is 3.36. The lowest BCUT2D eigenvalue weighted by atomic mass is 10.0. The van der Waals surface area contributed by atoms with E-state index in [-0.39, 0.29) is 18.2 Å². The van der Waals surface area contributed by atoms with Crippen molar-refractivity contribution in [2.24, 2.45) is 0 Å². The number of amides is 2. The molecule has 1 N–H and O–H groups in total. The maximum absolute atomic E-state index is 12.6. The van der Waals surface area contributed by atoms with E-state index in [1.807, 2.05) is 42.5 Å². The molecule has 29 heavy (non-hydrogen) atoms. The molecule has 2 aromatic carbocycles. The van der Waals surface area contributed by atoms with Crippen LogP contribution in [-0.4, -0.2) is 36.9 Å². The molecule has 0 spiro atoms. The zero-order valence-electron chi connectivity index (χ0n) is 18.0. The first-order valence-electron chi connectivity index (χ1n) is 10.3. The van der Waals surface area contributed by atoms with E-state index < -0.39 is 0 Å². The highest BCUT2D eigenvalue weighted by atomic mass is 16.5. The summed E-state index contributed by atoms with van der Waals surface area (Å²) in [5, 5.41) is 3.07. The minimum atomic E-state index is -0.0618. The number of aryl methyl sites for hydroxylation is 2. The van der Waals surface area contributed by atoms with Gasteiger partial charge in [0.25, 0.3) is 0 Å². The third-order valence-electron chi connectivity index (χ3n) is 5.12. The fourth-order valence-electron chi connectivity index (χ4n) is 3.36. The molecule has 0 heterocycles. The van der Waals surface area contributed by atoms with Gasteiger partial charge in [0, 0.05) is 32.1 Å². The molecule has 5 nitrogen and oxygen atoms in total. The van der Waals surface area contributed by atoms with Crippen molar-refractivity contribution in [2.75, 3.05) is 25.5 Å². The van der Waals surface area contributed by atoms with Crippen LogP contribution in [-0.2, 0) is 28.9 Å². The second-order valence-electron chi connectivity index (χ2n) is 7.06. The SMILES string of the molecule is CCc1cccc(CC)c1NC(=O)CCN(CCc1cccc(OC)c1)C(C)=O. The molecule has 0 aromatic heterocycles. The number of methoxy groups -OCH3 is 1. The summed E-state index contributed by atoms with van der Waals surface area (Å²) in [5.74, 6) is 0.717. The average molecular weight is 397 g/mol. The molecule has 0 aliphatic heterocycles. The molecule has 0 saturated heterocycles. The van der Waals surface area contributed by atoms with Gasteiger partial charge < -0.3 is 15.0 Å². The molecule has 0 unspecified atom stereocenters. The maximum atomic E-state index is 12.6. The van der Waals surface area contributed by atoms with Gasteiger partial charge in [-0.1, -0.05) is 44.2 Å². The molecule has 5 heteroatoms. The van der Waals surface area contributed by atoms with E-state index in [1.165, 1.54) is 0 Å². The van der Waals surface area contributed by atoms with Gasteiger partial charge in [-0.05, 0) is 48.1 Å². The third kappa shape index (κ3) is 6.63. The van der Waals surface area contributed by atoms with Gasteiger partial charge in [-0.15, -0.1) is 0 Å². The molecule has 2 rings (SSSR count). The van der Waals surface area contributed by atoms with Gasteiger partial charge in [0.2, 0.25) is 11.8 Å². The van der Waals surface area contributed by atoms with Crippen LogP contribution in [0.4, 0.5) is 5.69 Å². The molecule has 0 fully saturated rings. The first-order chi connectivity index (χ1) is 14.0. The number of rotatable bonds is 10. The Hall–Kier alpha value is -2.82. The number of para-hydroxylation sites is 1. The summed E-state index contributed by atoms with van der Waals surface area (Å²) < 4.78 is 5.25. The summed E-state index contributed by atoms with van der Waals surface area (Å²) in [5.41, 5.74) is 4.30. The van der Waals surface area contributed by atoms with E-state index in [2.05, 4.69) is 19.2 Å². The van der Waals surface area contributed by atoms with Crippen molar-refractivity contribution in [3.05, 3.63) is 59.2 Å². The molecule has 2 aromatic rings. The number of carbonyl (C=O) groups is 2. The standard InChI is InChI=1S/C24H32N2O3/c1-5-20-10-8-11-21(6-2)24(20)25-23(28)14-16-26(18(3)27)15-13-19-9-7-12-22(17-19)29-4/h7-12,17H,5-6,13-16H2,1-4H3,(H,25,28).